The maximum absolute atomic E-state index is 12.6. The zero-order valence-corrected chi connectivity index (χ0v) is 13.7. The molecular weight excluding hydrogens is 312 g/mol. The van der Waals surface area contributed by atoms with Crippen LogP contribution in [0.3, 0.4) is 0 Å². The largest absolute Gasteiger partial charge is 0.459 e. The van der Waals surface area contributed by atoms with Gasteiger partial charge in [0.15, 0.2) is 0 Å². The summed E-state index contributed by atoms with van der Waals surface area (Å²) in [5, 5.41) is 0. The van der Waals surface area contributed by atoms with Crippen LogP contribution in [0.15, 0.2) is 35.8 Å². The Bertz CT molecular complexity index is 699. The third kappa shape index (κ3) is 3.42. The minimum Gasteiger partial charge on any atom is -0.459 e. The molecule has 1 aromatic carbocycles. The topological polar surface area (TPSA) is 59.5 Å². The number of hydrogen-bond donors (Lipinski definition) is 0. The van der Waals surface area contributed by atoms with Gasteiger partial charge in [0.25, 0.3) is 5.91 Å². The van der Waals surface area contributed by atoms with Gasteiger partial charge in [0.1, 0.15) is 17.5 Å². The van der Waals surface area contributed by atoms with E-state index in [1.165, 1.54) is 11.3 Å². The van der Waals surface area contributed by atoms with E-state index in [1.807, 2.05) is 37.3 Å². The lowest BCUT2D eigenvalue weighted by Crippen LogP contribution is -2.41. The Kier molecular flexibility index (Phi) is 4.71. The SMILES string of the molecule is Cc1ncsc1C(=O)N1CCC[C@H]1C(=O)OCc1ccccc1. The number of carbonyl (C=O) groups is 2. The van der Waals surface area contributed by atoms with E-state index in [0.717, 1.165) is 12.0 Å². The highest BCUT2D eigenvalue weighted by Crippen LogP contribution is 2.24. The smallest absolute Gasteiger partial charge is 0.329 e. The standard InChI is InChI=1S/C17H18N2O3S/c1-12-15(23-11-18-12)16(20)19-9-5-8-14(19)17(21)22-10-13-6-3-2-4-7-13/h2-4,6-7,11,14H,5,8-10H2,1H3/t14-/m0/s1. The van der Waals surface area contributed by atoms with Crippen LogP contribution in [0.1, 0.15) is 33.8 Å². The average molecular weight is 330 g/mol. The van der Waals surface area contributed by atoms with E-state index in [0.29, 0.717) is 23.5 Å². The number of likely N-dealkylation sites (tertiary alicyclic amines) is 1. The molecule has 0 saturated carbocycles. The summed E-state index contributed by atoms with van der Waals surface area (Å²) in [6.07, 6.45) is 1.46. The molecule has 2 heterocycles. The summed E-state index contributed by atoms with van der Waals surface area (Å²) in [5.74, 6) is -0.453. The van der Waals surface area contributed by atoms with E-state index in [4.69, 9.17) is 4.74 Å². The van der Waals surface area contributed by atoms with Gasteiger partial charge in [0, 0.05) is 6.54 Å². The van der Waals surface area contributed by atoms with E-state index in [-0.39, 0.29) is 18.5 Å². The first-order chi connectivity index (χ1) is 11.2. The van der Waals surface area contributed by atoms with Crippen molar-refractivity contribution < 1.29 is 14.3 Å². The van der Waals surface area contributed by atoms with E-state index < -0.39 is 6.04 Å². The molecule has 1 saturated heterocycles. The molecule has 0 unspecified atom stereocenters. The molecule has 1 fully saturated rings. The number of rotatable bonds is 4. The summed E-state index contributed by atoms with van der Waals surface area (Å²) in [7, 11) is 0. The molecule has 1 amide bonds. The number of benzene rings is 1. The average Bonchev–Trinajstić information content (AvgIpc) is 3.22. The predicted molar refractivity (Wildman–Crippen MR) is 87.1 cm³/mol. The summed E-state index contributed by atoms with van der Waals surface area (Å²) in [4.78, 5) is 31.3. The van der Waals surface area contributed by atoms with E-state index >= 15 is 0 Å². The molecule has 0 bridgehead atoms. The van der Waals surface area contributed by atoms with Crippen LogP contribution in [-0.4, -0.2) is 34.3 Å². The number of aryl methyl sites for hydroxylation is 1. The molecule has 0 spiro atoms. The third-order valence-electron chi connectivity index (χ3n) is 3.95. The lowest BCUT2D eigenvalue weighted by Gasteiger charge is -2.22. The fraction of sp³-hybridized carbons (Fsp3) is 0.353. The number of amides is 1. The zero-order valence-electron chi connectivity index (χ0n) is 12.9. The van der Waals surface area contributed by atoms with Crippen LogP contribution in [0.5, 0.6) is 0 Å². The number of nitrogens with zero attached hydrogens (tertiary/aromatic N) is 2. The van der Waals surface area contributed by atoms with Crippen LogP contribution in [0, 0.1) is 6.92 Å². The van der Waals surface area contributed by atoms with Crippen LogP contribution in [0.4, 0.5) is 0 Å². The molecule has 1 aromatic heterocycles. The second kappa shape index (κ2) is 6.91. The highest BCUT2D eigenvalue weighted by atomic mass is 32.1. The van der Waals surface area contributed by atoms with Crippen LogP contribution in [0.25, 0.3) is 0 Å². The van der Waals surface area contributed by atoms with Crippen molar-refractivity contribution in [1.29, 1.82) is 0 Å². The van der Waals surface area contributed by atoms with Crippen molar-refractivity contribution in [3.8, 4) is 0 Å². The number of aromatic nitrogens is 1. The normalized spacial score (nSPS) is 17.3. The van der Waals surface area contributed by atoms with E-state index in [1.54, 1.807) is 10.4 Å². The number of ether oxygens (including phenoxy) is 1. The van der Waals surface area contributed by atoms with E-state index in [9.17, 15) is 9.59 Å². The van der Waals surface area contributed by atoms with Crippen molar-refractivity contribution in [3.05, 3.63) is 52.0 Å². The van der Waals surface area contributed by atoms with Crippen LogP contribution in [0.2, 0.25) is 0 Å². The maximum atomic E-state index is 12.6. The van der Waals surface area contributed by atoms with Crippen molar-refractivity contribution in [1.82, 2.24) is 9.88 Å². The predicted octanol–water partition coefficient (Wildman–Crippen LogP) is 2.80. The number of thiazole rings is 1. The summed E-state index contributed by atoms with van der Waals surface area (Å²) >= 11 is 1.31. The quantitative estimate of drug-likeness (QED) is 0.809. The fourth-order valence-electron chi connectivity index (χ4n) is 2.72. The zero-order chi connectivity index (χ0) is 16.2. The van der Waals surface area contributed by atoms with Crippen molar-refractivity contribution in [2.24, 2.45) is 0 Å². The molecule has 1 atom stereocenters. The van der Waals surface area contributed by atoms with Gasteiger partial charge in [0.2, 0.25) is 0 Å². The molecule has 120 valence electrons. The molecule has 1 aliphatic rings. The van der Waals surface area contributed by atoms with Crippen LogP contribution < -0.4 is 0 Å². The van der Waals surface area contributed by atoms with Crippen molar-refractivity contribution in [2.75, 3.05) is 6.54 Å². The van der Waals surface area contributed by atoms with E-state index in [2.05, 4.69) is 4.98 Å². The second-order valence-electron chi connectivity index (χ2n) is 5.52. The molecular formula is C17H18N2O3S. The first kappa shape index (κ1) is 15.7. The van der Waals surface area contributed by atoms with Crippen molar-refractivity contribution >= 4 is 23.2 Å². The number of hydrogen-bond acceptors (Lipinski definition) is 5. The summed E-state index contributed by atoms with van der Waals surface area (Å²) < 4.78 is 5.39. The van der Waals surface area contributed by atoms with Gasteiger partial charge in [-0.1, -0.05) is 30.3 Å². The summed E-state index contributed by atoms with van der Waals surface area (Å²) in [6, 6.07) is 9.05. The monoisotopic (exact) mass is 330 g/mol. The molecule has 3 rings (SSSR count). The molecule has 6 heteroatoms. The summed E-state index contributed by atoms with van der Waals surface area (Å²) in [6.45, 7) is 2.63. The van der Waals surface area contributed by atoms with Gasteiger partial charge in [-0.3, -0.25) is 4.79 Å². The Balaban J connectivity index is 1.65. The van der Waals surface area contributed by atoms with Gasteiger partial charge in [-0.05, 0) is 25.3 Å². The molecule has 5 nitrogen and oxygen atoms in total. The minimum atomic E-state index is -0.493. The highest BCUT2D eigenvalue weighted by molar-refractivity contribution is 7.11. The molecule has 1 aliphatic heterocycles. The Labute approximate surface area is 138 Å². The first-order valence-electron chi connectivity index (χ1n) is 7.58. The third-order valence-corrected chi connectivity index (χ3v) is 4.87. The highest BCUT2D eigenvalue weighted by Gasteiger charge is 2.36. The van der Waals surface area contributed by atoms with Gasteiger partial charge in [0.05, 0.1) is 11.2 Å². The van der Waals surface area contributed by atoms with Gasteiger partial charge in [-0.25, -0.2) is 9.78 Å². The van der Waals surface area contributed by atoms with Gasteiger partial charge in [-0.15, -0.1) is 11.3 Å². The minimum absolute atomic E-state index is 0.121. The molecule has 2 aromatic rings. The second-order valence-corrected chi connectivity index (χ2v) is 6.37. The Morgan fingerprint density at radius 3 is 2.83 bits per heavy atom. The Hall–Kier alpha value is -2.21. The number of carbonyl (C=O) groups excluding carboxylic acids is 2. The maximum Gasteiger partial charge on any atom is 0.329 e. The Morgan fingerprint density at radius 2 is 2.13 bits per heavy atom. The molecule has 0 N–H and O–H groups in total. The fourth-order valence-corrected chi connectivity index (χ4v) is 3.47. The van der Waals surface area contributed by atoms with Crippen molar-refractivity contribution in [2.45, 2.75) is 32.4 Å². The molecule has 0 aliphatic carbocycles. The van der Waals surface area contributed by atoms with Crippen molar-refractivity contribution in [3.63, 3.8) is 0 Å². The molecule has 23 heavy (non-hydrogen) atoms. The Morgan fingerprint density at radius 1 is 1.35 bits per heavy atom. The lowest BCUT2D eigenvalue weighted by atomic mass is 10.2. The van der Waals surface area contributed by atoms with Gasteiger partial charge in [-0.2, -0.15) is 0 Å². The summed E-state index contributed by atoms with van der Waals surface area (Å²) in [5.41, 5.74) is 3.31. The number of esters is 1. The first-order valence-corrected chi connectivity index (χ1v) is 8.46. The van der Waals surface area contributed by atoms with Gasteiger partial charge >= 0.3 is 5.97 Å². The van der Waals surface area contributed by atoms with Gasteiger partial charge < -0.3 is 9.64 Å². The molecule has 0 radical (unpaired) electrons. The lowest BCUT2D eigenvalue weighted by molar-refractivity contribution is -0.149. The van der Waals surface area contributed by atoms with Crippen LogP contribution >= 0.6 is 11.3 Å². The van der Waals surface area contributed by atoms with Crippen LogP contribution in [-0.2, 0) is 16.1 Å².